The number of benzene rings is 1. The molecule has 0 radical (unpaired) electrons. The van der Waals surface area contributed by atoms with E-state index in [-0.39, 0.29) is 25.9 Å². The van der Waals surface area contributed by atoms with E-state index in [1.165, 1.54) is 6.92 Å². The molecule has 1 saturated heterocycles. The molecule has 8 heteroatoms. The molecular weight excluding hydrogens is 325 g/mol. The average Bonchev–Trinajstić information content (AvgIpc) is 2.91. The summed E-state index contributed by atoms with van der Waals surface area (Å²) >= 11 is 0. The van der Waals surface area contributed by atoms with Crippen molar-refractivity contribution in [3.8, 4) is 0 Å². The molecule has 1 aromatic rings. The van der Waals surface area contributed by atoms with Gasteiger partial charge in [-0.2, -0.15) is 13.2 Å². The van der Waals surface area contributed by atoms with Gasteiger partial charge in [0.25, 0.3) is 0 Å². The van der Waals surface area contributed by atoms with Gasteiger partial charge in [0.05, 0.1) is 5.41 Å². The van der Waals surface area contributed by atoms with Gasteiger partial charge in [-0.3, -0.25) is 4.79 Å². The molecule has 1 fully saturated rings. The Morgan fingerprint density at radius 2 is 1.96 bits per heavy atom. The normalized spacial score (nSPS) is 22.2. The van der Waals surface area contributed by atoms with Gasteiger partial charge in [-0.15, -0.1) is 0 Å². The molecular formula is C16H19F3N2O3. The number of hydrogen-bond donors (Lipinski definition) is 2. The lowest BCUT2D eigenvalue weighted by molar-refractivity contribution is -0.153. The fourth-order valence-electron chi connectivity index (χ4n) is 2.65. The zero-order chi connectivity index (χ0) is 18.0. The number of nitrogens with one attached hydrogen (secondary N) is 1. The van der Waals surface area contributed by atoms with Gasteiger partial charge in [-0.05, 0) is 18.9 Å². The Kier molecular flexibility index (Phi) is 5.05. The van der Waals surface area contributed by atoms with Crippen LogP contribution in [0.15, 0.2) is 30.3 Å². The van der Waals surface area contributed by atoms with E-state index in [1.807, 2.05) is 5.32 Å². The molecule has 24 heavy (non-hydrogen) atoms. The summed E-state index contributed by atoms with van der Waals surface area (Å²) in [5.74, 6) is -1.06. The van der Waals surface area contributed by atoms with Crippen molar-refractivity contribution in [2.75, 3.05) is 13.1 Å². The standard InChI is InChI=1S/C16H19F3N2O3/c1-15(13(22)23)7-8-21(10-15)14(24)20-12(16(17,18)19)9-11-5-3-2-4-6-11/h2-6,12H,7-10H2,1H3,(H,20,24)(H,22,23). The number of carboxylic acid groups (broad SMARTS) is 1. The molecule has 1 aromatic carbocycles. The third kappa shape index (κ3) is 4.18. The first kappa shape index (κ1) is 18.1. The predicted molar refractivity (Wildman–Crippen MR) is 80.5 cm³/mol. The Labute approximate surface area is 137 Å². The van der Waals surface area contributed by atoms with E-state index in [1.54, 1.807) is 30.3 Å². The lowest BCUT2D eigenvalue weighted by Gasteiger charge is -2.26. The first-order valence-corrected chi connectivity index (χ1v) is 7.51. The first-order chi connectivity index (χ1) is 11.1. The van der Waals surface area contributed by atoms with Crippen molar-refractivity contribution in [2.45, 2.75) is 32.0 Å². The van der Waals surface area contributed by atoms with Crippen molar-refractivity contribution < 1.29 is 27.9 Å². The topological polar surface area (TPSA) is 69.6 Å². The molecule has 0 aromatic heterocycles. The van der Waals surface area contributed by atoms with Crippen LogP contribution in [0, 0.1) is 5.41 Å². The van der Waals surface area contributed by atoms with E-state index in [0.29, 0.717) is 5.56 Å². The Hall–Kier alpha value is -2.25. The number of carbonyl (C=O) groups is 2. The summed E-state index contributed by atoms with van der Waals surface area (Å²) in [5.41, 5.74) is -0.665. The Morgan fingerprint density at radius 3 is 2.46 bits per heavy atom. The van der Waals surface area contributed by atoms with Crippen molar-refractivity contribution in [3.63, 3.8) is 0 Å². The number of rotatable bonds is 4. The van der Waals surface area contributed by atoms with Gasteiger partial charge in [0.15, 0.2) is 0 Å². The number of urea groups is 1. The number of amides is 2. The lowest BCUT2D eigenvalue weighted by atomic mass is 9.90. The summed E-state index contributed by atoms with van der Waals surface area (Å²) in [6.45, 7) is 1.49. The lowest BCUT2D eigenvalue weighted by Crippen LogP contribution is -2.51. The SMILES string of the molecule is CC1(C(=O)O)CCN(C(=O)NC(Cc2ccccc2)C(F)(F)F)C1. The van der Waals surface area contributed by atoms with Gasteiger partial charge < -0.3 is 15.3 Å². The number of aliphatic carboxylic acids is 1. The minimum Gasteiger partial charge on any atom is -0.481 e. The molecule has 5 nitrogen and oxygen atoms in total. The number of halogens is 3. The highest BCUT2D eigenvalue weighted by Gasteiger charge is 2.45. The smallest absolute Gasteiger partial charge is 0.408 e. The number of hydrogen-bond acceptors (Lipinski definition) is 2. The number of carboxylic acids is 1. The van der Waals surface area contributed by atoms with Gasteiger partial charge in [-0.25, -0.2) is 4.79 Å². The second-order valence-electron chi connectivity index (χ2n) is 6.27. The van der Waals surface area contributed by atoms with E-state index in [0.717, 1.165) is 4.90 Å². The zero-order valence-corrected chi connectivity index (χ0v) is 13.1. The zero-order valence-electron chi connectivity index (χ0n) is 13.1. The molecule has 2 atom stereocenters. The summed E-state index contributed by atoms with van der Waals surface area (Å²) in [6.07, 6.45) is -4.76. The summed E-state index contributed by atoms with van der Waals surface area (Å²) in [6, 6.07) is 5.15. The highest BCUT2D eigenvalue weighted by atomic mass is 19.4. The van der Waals surface area contributed by atoms with E-state index < -0.39 is 29.6 Å². The summed E-state index contributed by atoms with van der Waals surface area (Å²) in [5, 5.41) is 11.1. The van der Waals surface area contributed by atoms with Crippen molar-refractivity contribution >= 4 is 12.0 Å². The van der Waals surface area contributed by atoms with Crippen molar-refractivity contribution in [3.05, 3.63) is 35.9 Å². The molecule has 0 saturated carbocycles. The molecule has 2 rings (SSSR count). The van der Waals surface area contributed by atoms with Gasteiger partial charge in [-0.1, -0.05) is 30.3 Å². The van der Waals surface area contributed by atoms with Crippen LogP contribution in [-0.4, -0.2) is 47.3 Å². The number of nitrogens with zero attached hydrogens (tertiary/aromatic N) is 1. The van der Waals surface area contributed by atoms with Crippen LogP contribution in [-0.2, 0) is 11.2 Å². The molecule has 0 spiro atoms. The Bertz CT molecular complexity index is 606. The molecule has 0 bridgehead atoms. The van der Waals surface area contributed by atoms with E-state index in [4.69, 9.17) is 5.11 Å². The Morgan fingerprint density at radius 1 is 1.33 bits per heavy atom. The van der Waals surface area contributed by atoms with Crippen LogP contribution in [0.4, 0.5) is 18.0 Å². The van der Waals surface area contributed by atoms with Crippen LogP contribution in [0.3, 0.4) is 0 Å². The monoisotopic (exact) mass is 344 g/mol. The maximum absolute atomic E-state index is 13.2. The average molecular weight is 344 g/mol. The van der Waals surface area contributed by atoms with E-state index in [9.17, 15) is 22.8 Å². The summed E-state index contributed by atoms with van der Waals surface area (Å²) < 4.78 is 39.6. The minimum absolute atomic E-state index is 0.107. The molecule has 2 amide bonds. The summed E-state index contributed by atoms with van der Waals surface area (Å²) in [7, 11) is 0. The van der Waals surface area contributed by atoms with Crippen LogP contribution in [0.1, 0.15) is 18.9 Å². The molecule has 2 unspecified atom stereocenters. The van der Waals surface area contributed by atoms with Gasteiger partial charge in [0.2, 0.25) is 0 Å². The number of carbonyl (C=O) groups excluding carboxylic acids is 1. The molecule has 1 aliphatic rings. The third-order valence-electron chi connectivity index (χ3n) is 4.25. The predicted octanol–water partition coefficient (Wildman–Crippen LogP) is 2.67. The molecule has 2 N–H and O–H groups in total. The first-order valence-electron chi connectivity index (χ1n) is 7.51. The van der Waals surface area contributed by atoms with Crippen LogP contribution in [0.2, 0.25) is 0 Å². The number of alkyl halides is 3. The second-order valence-corrected chi connectivity index (χ2v) is 6.27. The van der Waals surface area contributed by atoms with Crippen molar-refractivity contribution in [1.82, 2.24) is 10.2 Å². The second kappa shape index (κ2) is 6.70. The van der Waals surface area contributed by atoms with Crippen LogP contribution in [0.25, 0.3) is 0 Å². The Balaban J connectivity index is 2.05. The quantitative estimate of drug-likeness (QED) is 0.882. The maximum atomic E-state index is 13.2. The minimum atomic E-state index is -4.60. The van der Waals surface area contributed by atoms with Crippen LogP contribution in [0.5, 0.6) is 0 Å². The van der Waals surface area contributed by atoms with Crippen molar-refractivity contribution in [1.29, 1.82) is 0 Å². The van der Waals surface area contributed by atoms with Crippen LogP contribution < -0.4 is 5.32 Å². The largest absolute Gasteiger partial charge is 0.481 e. The maximum Gasteiger partial charge on any atom is 0.408 e. The third-order valence-corrected chi connectivity index (χ3v) is 4.25. The van der Waals surface area contributed by atoms with E-state index in [2.05, 4.69) is 0 Å². The fourth-order valence-corrected chi connectivity index (χ4v) is 2.65. The number of likely N-dealkylation sites (tertiary alicyclic amines) is 1. The fraction of sp³-hybridized carbons (Fsp3) is 0.500. The molecule has 1 aliphatic heterocycles. The van der Waals surface area contributed by atoms with Crippen LogP contribution >= 0.6 is 0 Å². The molecule has 132 valence electrons. The van der Waals surface area contributed by atoms with Gasteiger partial charge >= 0.3 is 18.2 Å². The summed E-state index contributed by atoms with van der Waals surface area (Å²) in [4.78, 5) is 24.4. The highest BCUT2D eigenvalue weighted by Crippen LogP contribution is 2.30. The van der Waals surface area contributed by atoms with E-state index >= 15 is 0 Å². The highest BCUT2D eigenvalue weighted by molar-refractivity contribution is 5.79. The molecule has 1 heterocycles. The van der Waals surface area contributed by atoms with Gasteiger partial charge in [0.1, 0.15) is 6.04 Å². The van der Waals surface area contributed by atoms with Gasteiger partial charge in [0, 0.05) is 19.5 Å². The molecule has 0 aliphatic carbocycles. The van der Waals surface area contributed by atoms with Crippen molar-refractivity contribution in [2.24, 2.45) is 5.41 Å².